The van der Waals surface area contributed by atoms with Crippen LogP contribution < -0.4 is 15.7 Å². The molecule has 3 rings (SSSR count). The number of hydrogen-bond acceptors (Lipinski definition) is 6. The molecule has 1 aliphatic carbocycles. The number of carbonyl (C=O) groups is 3. The number of carboxylic acids is 1. The van der Waals surface area contributed by atoms with E-state index in [0.29, 0.717) is 0 Å². The minimum atomic E-state index is -1.47. The largest absolute Gasteiger partial charge is 0.548 e. The first-order valence-corrected chi connectivity index (χ1v) is 10.4. The van der Waals surface area contributed by atoms with E-state index in [-0.39, 0.29) is 25.5 Å². The Kier molecular flexibility index (Phi) is 7.02. The van der Waals surface area contributed by atoms with Crippen molar-refractivity contribution in [2.45, 2.75) is 44.8 Å². The lowest BCUT2D eigenvalue weighted by Gasteiger charge is -2.24. The van der Waals surface area contributed by atoms with Gasteiger partial charge in [-0.3, -0.25) is 0 Å². The first kappa shape index (κ1) is 23.1. The quantitative estimate of drug-likeness (QED) is 0.685. The molecule has 0 saturated carbocycles. The number of carboxylic acid groups (broad SMARTS) is 1. The topological polar surface area (TPSA) is 117 Å². The SMILES string of the molecule is CC(C)(C)OC(=O)N[C@@H](CCNC(=O)OCC1c2ccccc2-c2ccccc21)C(=O)[O-]. The van der Waals surface area contributed by atoms with Crippen LogP contribution in [0.5, 0.6) is 0 Å². The molecule has 32 heavy (non-hydrogen) atoms. The summed E-state index contributed by atoms with van der Waals surface area (Å²) in [5, 5.41) is 16.0. The fourth-order valence-electron chi connectivity index (χ4n) is 3.67. The summed E-state index contributed by atoms with van der Waals surface area (Å²) < 4.78 is 10.4. The van der Waals surface area contributed by atoms with Gasteiger partial charge in [0.25, 0.3) is 0 Å². The van der Waals surface area contributed by atoms with Gasteiger partial charge in [0, 0.05) is 12.5 Å². The number of hydrogen-bond donors (Lipinski definition) is 2. The van der Waals surface area contributed by atoms with Crippen molar-refractivity contribution in [2.75, 3.05) is 13.2 Å². The van der Waals surface area contributed by atoms with Crippen LogP contribution in [-0.4, -0.2) is 43.0 Å². The molecule has 1 aliphatic rings. The van der Waals surface area contributed by atoms with Gasteiger partial charge in [0.2, 0.25) is 0 Å². The molecular formula is C24H27N2O6-. The van der Waals surface area contributed by atoms with E-state index in [1.165, 1.54) is 0 Å². The molecule has 0 radical (unpaired) electrons. The van der Waals surface area contributed by atoms with Crippen molar-refractivity contribution >= 4 is 18.2 Å². The van der Waals surface area contributed by atoms with Crippen LogP contribution in [0.1, 0.15) is 44.2 Å². The fraction of sp³-hybridized carbons (Fsp3) is 0.375. The number of aliphatic carboxylic acids is 1. The highest BCUT2D eigenvalue weighted by atomic mass is 16.6. The van der Waals surface area contributed by atoms with Crippen LogP contribution in [-0.2, 0) is 14.3 Å². The van der Waals surface area contributed by atoms with Gasteiger partial charge in [0.1, 0.15) is 12.2 Å². The molecule has 0 unspecified atom stereocenters. The summed E-state index contributed by atoms with van der Waals surface area (Å²) in [7, 11) is 0. The standard InChI is InChI=1S/C24H28N2O6/c1-24(2,3)32-23(30)26-20(21(27)28)12-13-25-22(29)31-14-19-17-10-6-4-8-15(17)16-9-5-7-11-18(16)19/h4-11,19-20H,12-14H2,1-3H3,(H,25,29)(H,26,30)(H,27,28)/p-1/t20-/m0/s1. The summed E-state index contributed by atoms with van der Waals surface area (Å²) in [6, 6.07) is 14.7. The molecule has 170 valence electrons. The van der Waals surface area contributed by atoms with Crippen molar-refractivity contribution in [3.05, 3.63) is 59.7 Å². The first-order valence-electron chi connectivity index (χ1n) is 10.4. The molecule has 8 heteroatoms. The van der Waals surface area contributed by atoms with Gasteiger partial charge in [0.05, 0.1) is 12.0 Å². The zero-order valence-corrected chi connectivity index (χ0v) is 18.3. The minimum Gasteiger partial charge on any atom is -0.548 e. The Hall–Kier alpha value is -3.55. The predicted octanol–water partition coefficient (Wildman–Crippen LogP) is 2.56. The molecule has 2 amide bonds. The van der Waals surface area contributed by atoms with Crippen molar-refractivity contribution in [2.24, 2.45) is 0 Å². The lowest BCUT2D eigenvalue weighted by molar-refractivity contribution is -0.308. The maximum atomic E-state index is 12.2. The predicted molar refractivity (Wildman–Crippen MR) is 116 cm³/mol. The highest BCUT2D eigenvalue weighted by Gasteiger charge is 2.29. The number of ether oxygens (including phenoxy) is 2. The highest BCUT2D eigenvalue weighted by Crippen LogP contribution is 2.44. The summed E-state index contributed by atoms with van der Waals surface area (Å²) in [5.41, 5.74) is 3.68. The lowest BCUT2D eigenvalue weighted by atomic mass is 9.98. The van der Waals surface area contributed by atoms with E-state index in [0.717, 1.165) is 22.3 Å². The van der Waals surface area contributed by atoms with Gasteiger partial charge in [-0.2, -0.15) is 0 Å². The van der Waals surface area contributed by atoms with E-state index in [2.05, 4.69) is 10.6 Å². The van der Waals surface area contributed by atoms with E-state index in [9.17, 15) is 19.5 Å². The number of rotatable bonds is 7. The Morgan fingerprint density at radius 1 is 0.969 bits per heavy atom. The van der Waals surface area contributed by atoms with E-state index >= 15 is 0 Å². The number of amides is 2. The minimum absolute atomic E-state index is 0.0227. The molecule has 0 aromatic heterocycles. The van der Waals surface area contributed by atoms with Gasteiger partial charge in [-0.05, 0) is 49.4 Å². The molecule has 2 aromatic carbocycles. The first-order chi connectivity index (χ1) is 15.2. The number of alkyl carbamates (subject to hydrolysis) is 2. The average molecular weight is 439 g/mol. The second-order valence-corrected chi connectivity index (χ2v) is 8.56. The molecule has 1 atom stereocenters. The average Bonchev–Trinajstić information content (AvgIpc) is 3.04. The van der Waals surface area contributed by atoms with E-state index in [1.54, 1.807) is 20.8 Å². The van der Waals surface area contributed by atoms with Crippen molar-refractivity contribution < 1.29 is 29.0 Å². The second kappa shape index (κ2) is 9.72. The summed E-state index contributed by atoms with van der Waals surface area (Å²) in [5.74, 6) is -1.54. The van der Waals surface area contributed by atoms with Gasteiger partial charge < -0.3 is 30.0 Å². The van der Waals surface area contributed by atoms with Crippen LogP contribution in [0.4, 0.5) is 9.59 Å². The monoisotopic (exact) mass is 439 g/mol. The Morgan fingerprint density at radius 2 is 1.53 bits per heavy atom. The van der Waals surface area contributed by atoms with Crippen LogP contribution in [0.3, 0.4) is 0 Å². The smallest absolute Gasteiger partial charge is 0.408 e. The number of carbonyl (C=O) groups excluding carboxylic acids is 3. The molecule has 0 spiro atoms. The third kappa shape index (κ3) is 5.78. The second-order valence-electron chi connectivity index (χ2n) is 8.56. The number of benzene rings is 2. The van der Waals surface area contributed by atoms with E-state index in [4.69, 9.17) is 9.47 Å². The maximum Gasteiger partial charge on any atom is 0.408 e. The fourth-order valence-corrected chi connectivity index (χ4v) is 3.67. The van der Waals surface area contributed by atoms with Crippen LogP contribution in [0.15, 0.2) is 48.5 Å². The third-order valence-corrected chi connectivity index (χ3v) is 5.02. The van der Waals surface area contributed by atoms with Gasteiger partial charge in [-0.25, -0.2) is 9.59 Å². The van der Waals surface area contributed by atoms with E-state index in [1.807, 2.05) is 48.5 Å². The van der Waals surface area contributed by atoms with E-state index < -0.39 is 29.8 Å². The van der Waals surface area contributed by atoms with Crippen molar-refractivity contribution in [1.29, 1.82) is 0 Å². The highest BCUT2D eigenvalue weighted by molar-refractivity contribution is 5.80. The van der Waals surface area contributed by atoms with Crippen molar-refractivity contribution in [1.82, 2.24) is 10.6 Å². The third-order valence-electron chi connectivity index (χ3n) is 5.02. The van der Waals surface area contributed by atoms with Crippen molar-refractivity contribution in [3.63, 3.8) is 0 Å². The molecule has 0 aliphatic heterocycles. The van der Waals surface area contributed by atoms with Crippen LogP contribution >= 0.6 is 0 Å². The summed E-state index contributed by atoms with van der Waals surface area (Å²) in [6.45, 7) is 5.13. The molecule has 0 bridgehead atoms. The normalized spacial score (nSPS) is 13.5. The lowest BCUT2D eigenvalue weighted by Crippen LogP contribution is -2.50. The summed E-state index contributed by atoms with van der Waals surface area (Å²) >= 11 is 0. The van der Waals surface area contributed by atoms with Gasteiger partial charge in [-0.1, -0.05) is 48.5 Å². The van der Waals surface area contributed by atoms with Crippen LogP contribution in [0.2, 0.25) is 0 Å². The molecule has 2 N–H and O–H groups in total. The van der Waals surface area contributed by atoms with Crippen molar-refractivity contribution in [3.8, 4) is 11.1 Å². The zero-order chi connectivity index (χ0) is 23.3. The Balaban J connectivity index is 1.50. The Morgan fingerprint density at radius 3 is 2.06 bits per heavy atom. The van der Waals surface area contributed by atoms with Gasteiger partial charge >= 0.3 is 12.2 Å². The summed E-state index contributed by atoms with van der Waals surface area (Å²) in [6.07, 6.45) is -1.61. The molecule has 0 saturated heterocycles. The van der Waals surface area contributed by atoms with Crippen LogP contribution in [0.25, 0.3) is 11.1 Å². The molecule has 2 aromatic rings. The summed E-state index contributed by atoms with van der Waals surface area (Å²) in [4.78, 5) is 35.2. The molecule has 0 heterocycles. The van der Waals surface area contributed by atoms with Gasteiger partial charge in [-0.15, -0.1) is 0 Å². The Bertz CT molecular complexity index is 952. The van der Waals surface area contributed by atoms with Gasteiger partial charge in [0.15, 0.2) is 0 Å². The zero-order valence-electron chi connectivity index (χ0n) is 18.3. The number of fused-ring (bicyclic) bond motifs is 3. The molecular weight excluding hydrogens is 412 g/mol. The Labute approximate surface area is 186 Å². The number of nitrogens with one attached hydrogen (secondary N) is 2. The van der Waals surface area contributed by atoms with Crippen LogP contribution in [0, 0.1) is 0 Å². The maximum absolute atomic E-state index is 12.2. The molecule has 8 nitrogen and oxygen atoms in total. The molecule has 0 fully saturated rings.